The van der Waals surface area contributed by atoms with Gasteiger partial charge in [0.15, 0.2) is 5.84 Å². The van der Waals surface area contributed by atoms with Gasteiger partial charge in [0.25, 0.3) is 0 Å². The number of nitrogens with two attached hydrogens (primary N) is 1. The average molecular weight is 260 g/mol. The number of rotatable bonds is 3. The Hall–Kier alpha value is -2.08. The molecule has 1 aromatic carbocycles. The van der Waals surface area contributed by atoms with E-state index in [0.29, 0.717) is 5.56 Å². The third kappa shape index (κ3) is 2.78. The number of benzene rings is 1. The fraction of sp³-hybridized carbons (Fsp3) is 0.0833. The highest BCUT2D eigenvalue weighted by molar-refractivity contribution is 7.99. The fourth-order valence-electron chi connectivity index (χ4n) is 1.43. The first kappa shape index (κ1) is 12.4. The van der Waals surface area contributed by atoms with Crippen LogP contribution in [0.5, 0.6) is 0 Å². The summed E-state index contributed by atoms with van der Waals surface area (Å²) in [4.78, 5) is 9.07. The van der Waals surface area contributed by atoms with Crippen LogP contribution >= 0.6 is 11.8 Å². The Labute approximate surface area is 109 Å². The number of hydrogen-bond donors (Lipinski definition) is 2. The van der Waals surface area contributed by atoms with Crippen LogP contribution in [0.2, 0.25) is 0 Å². The molecule has 0 spiro atoms. The largest absolute Gasteiger partial charge is 0.409 e. The van der Waals surface area contributed by atoms with Crippen molar-refractivity contribution in [2.45, 2.75) is 16.8 Å². The quantitative estimate of drug-likeness (QED) is 0.382. The van der Waals surface area contributed by atoms with E-state index < -0.39 is 0 Å². The monoisotopic (exact) mass is 260 g/mol. The molecule has 0 atom stereocenters. The molecule has 0 fully saturated rings. The first-order valence-electron chi connectivity index (χ1n) is 5.23. The van der Waals surface area contributed by atoms with Gasteiger partial charge in [-0.15, -0.1) is 0 Å². The second-order valence-corrected chi connectivity index (χ2v) is 4.69. The lowest BCUT2D eigenvalue weighted by atomic mass is 10.1. The third-order valence-electron chi connectivity index (χ3n) is 2.27. The minimum absolute atomic E-state index is 0.0846. The van der Waals surface area contributed by atoms with Gasteiger partial charge in [-0.2, -0.15) is 0 Å². The standard InChI is InChI=1S/C12H12N4OS/c1-8-2-3-9(12(13)16-17)10(6-8)18-11-7-14-4-5-15-11/h2-7,17H,1H3,(H2,13,16). The molecule has 0 saturated heterocycles. The number of amidine groups is 1. The van der Waals surface area contributed by atoms with Crippen LogP contribution in [-0.4, -0.2) is 21.0 Å². The number of oxime groups is 1. The lowest BCUT2D eigenvalue weighted by molar-refractivity contribution is 0.318. The highest BCUT2D eigenvalue weighted by Gasteiger charge is 2.09. The van der Waals surface area contributed by atoms with Crippen molar-refractivity contribution in [3.8, 4) is 0 Å². The van der Waals surface area contributed by atoms with E-state index in [-0.39, 0.29) is 5.84 Å². The Morgan fingerprint density at radius 2 is 2.22 bits per heavy atom. The highest BCUT2D eigenvalue weighted by Crippen LogP contribution is 2.29. The van der Waals surface area contributed by atoms with Gasteiger partial charge < -0.3 is 10.9 Å². The maximum atomic E-state index is 8.77. The third-order valence-corrected chi connectivity index (χ3v) is 3.25. The minimum atomic E-state index is 0.0846. The SMILES string of the molecule is Cc1ccc(C(N)=NO)c(Sc2cnccn2)c1. The van der Waals surface area contributed by atoms with Gasteiger partial charge in [0, 0.05) is 22.9 Å². The summed E-state index contributed by atoms with van der Waals surface area (Å²) in [6.45, 7) is 1.98. The smallest absolute Gasteiger partial charge is 0.171 e. The highest BCUT2D eigenvalue weighted by atomic mass is 32.2. The minimum Gasteiger partial charge on any atom is -0.409 e. The summed E-state index contributed by atoms with van der Waals surface area (Å²) in [6, 6.07) is 5.70. The zero-order valence-electron chi connectivity index (χ0n) is 9.74. The van der Waals surface area contributed by atoms with Crippen LogP contribution < -0.4 is 5.73 Å². The molecule has 3 N–H and O–H groups in total. The van der Waals surface area contributed by atoms with Crippen molar-refractivity contribution < 1.29 is 5.21 Å². The molecular weight excluding hydrogens is 248 g/mol. The summed E-state index contributed by atoms with van der Waals surface area (Å²) in [5.74, 6) is 0.0846. The first-order valence-corrected chi connectivity index (χ1v) is 6.05. The maximum Gasteiger partial charge on any atom is 0.171 e. The molecule has 0 aliphatic rings. The number of aryl methyl sites for hydroxylation is 1. The van der Waals surface area contributed by atoms with Gasteiger partial charge in [-0.3, -0.25) is 4.98 Å². The van der Waals surface area contributed by atoms with Crippen LogP contribution in [0.25, 0.3) is 0 Å². The Balaban J connectivity index is 2.40. The summed E-state index contributed by atoms with van der Waals surface area (Å²) in [7, 11) is 0. The van der Waals surface area contributed by atoms with Crippen molar-refractivity contribution in [3.63, 3.8) is 0 Å². The van der Waals surface area contributed by atoms with Crippen molar-refractivity contribution in [1.29, 1.82) is 0 Å². The zero-order valence-corrected chi connectivity index (χ0v) is 10.6. The molecule has 2 rings (SSSR count). The van der Waals surface area contributed by atoms with Crippen LogP contribution in [0.15, 0.2) is 51.9 Å². The van der Waals surface area contributed by atoms with Crippen molar-refractivity contribution >= 4 is 17.6 Å². The number of aromatic nitrogens is 2. The predicted molar refractivity (Wildman–Crippen MR) is 69.8 cm³/mol. The molecule has 0 radical (unpaired) electrons. The second kappa shape index (κ2) is 5.50. The number of nitrogens with zero attached hydrogens (tertiary/aromatic N) is 3. The van der Waals surface area contributed by atoms with E-state index in [0.717, 1.165) is 15.5 Å². The molecule has 92 valence electrons. The molecule has 5 nitrogen and oxygen atoms in total. The Bertz CT molecular complexity index is 572. The molecule has 0 aliphatic heterocycles. The van der Waals surface area contributed by atoms with E-state index >= 15 is 0 Å². The van der Waals surface area contributed by atoms with Crippen LogP contribution in [0, 0.1) is 6.92 Å². The summed E-state index contributed by atoms with van der Waals surface area (Å²) >= 11 is 1.43. The topological polar surface area (TPSA) is 84.4 Å². The van der Waals surface area contributed by atoms with Crippen LogP contribution in [0.4, 0.5) is 0 Å². The Kier molecular flexibility index (Phi) is 3.78. The van der Waals surface area contributed by atoms with Gasteiger partial charge >= 0.3 is 0 Å². The van der Waals surface area contributed by atoms with Crippen LogP contribution in [0.1, 0.15) is 11.1 Å². The molecule has 1 heterocycles. The van der Waals surface area contributed by atoms with Gasteiger partial charge in [-0.1, -0.05) is 23.0 Å². The number of hydrogen-bond acceptors (Lipinski definition) is 5. The van der Waals surface area contributed by atoms with Crippen molar-refractivity contribution in [2.75, 3.05) is 0 Å². The van der Waals surface area contributed by atoms with E-state index in [1.807, 2.05) is 25.1 Å². The van der Waals surface area contributed by atoms with Gasteiger partial charge in [0.1, 0.15) is 5.03 Å². The molecule has 0 aliphatic carbocycles. The van der Waals surface area contributed by atoms with Crippen molar-refractivity contribution in [1.82, 2.24) is 9.97 Å². The zero-order chi connectivity index (χ0) is 13.0. The molecule has 6 heteroatoms. The fourth-order valence-corrected chi connectivity index (χ4v) is 2.41. The van der Waals surface area contributed by atoms with Gasteiger partial charge in [0.05, 0.1) is 6.20 Å². The van der Waals surface area contributed by atoms with Crippen LogP contribution in [0.3, 0.4) is 0 Å². The van der Waals surface area contributed by atoms with E-state index in [2.05, 4.69) is 15.1 Å². The molecule has 0 saturated carbocycles. The van der Waals surface area contributed by atoms with E-state index in [4.69, 9.17) is 10.9 Å². The summed E-state index contributed by atoms with van der Waals surface area (Å²) < 4.78 is 0. The van der Waals surface area contributed by atoms with E-state index in [1.54, 1.807) is 18.6 Å². The van der Waals surface area contributed by atoms with E-state index in [1.165, 1.54) is 11.8 Å². The Morgan fingerprint density at radius 3 is 2.89 bits per heavy atom. The predicted octanol–water partition coefficient (Wildman–Crippen LogP) is 2.03. The second-order valence-electron chi connectivity index (χ2n) is 3.63. The summed E-state index contributed by atoms with van der Waals surface area (Å²) in [5.41, 5.74) is 7.42. The molecule has 0 bridgehead atoms. The molecule has 1 aromatic heterocycles. The first-order chi connectivity index (χ1) is 8.70. The Morgan fingerprint density at radius 1 is 1.39 bits per heavy atom. The van der Waals surface area contributed by atoms with Gasteiger partial charge in [-0.25, -0.2) is 4.98 Å². The maximum absolute atomic E-state index is 8.77. The molecular formula is C12H12N4OS. The molecule has 0 unspecified atom stereocenters. The van der Waals surface area contributed by atoms with Gasteiger partial charge in [0.2, 0.25) is 0 Å². The van der Waals surface area contributed by atoms with Gasteiger partial charge in [-0.05, 0) is 24.6 Å². The van der Waals surface area contributed by atoms with Crippen molar-refractivity contribution in [3.05, 3.63) is 47.9 Å². The summed E-state index contributed by atoms with van der Waals surface area (Å²) in [6.07, 6.45) is 4.91. The van der Waals surface area contributed by atoms with E-state index in [9.17, 15) is 0 Å². The normalized spacial score (nSPS) is 11.5. The molecule has 2 aromatic rings. The van der Waals surface area contributed by atoms with Crippen LogP contribution in [-0.2, 0) is 0 Å². The average Bonchev–Trinajstić information content (AvgIpc) is 2.39. The summed E-state index contributed by atoms with van der Waals surface area (Å²) in [5, 5.41) is 12.6. The lowest BCUT2D eigenvalue weighted by Crippen LogP contribution is -2.14. The lowest BCUT2D eigenvalue weighted by Gasteiger charge is -2.08. The molecule has 18 heavy (non-hydrogen) atoms. The van der Waals surface area contributed by atoms with Crippen molar-refractivity contribution in [2.24, 2.45) is 10.9 Å². The molecule has 0 amide bonds.